The molecule has 1 heterocycles. The van der Waals surface area contributed by atoms with Crippen molar-refractivity contribution in [3.05, 3.63) is 34.6 Å². The number of ether oxygens (including phenoxy) is 1. The van der Waals surface area contributed by atoms with Gasteiger partial charge in [-0.2, -0.15) is 0 Å². The second-order valence-corrected chi connectivity index (χ2v) is 5.32. The second kappa shape index (κ2) is 6.20. The molecule has 1 aromatic carbocycles. The molecule has 1 aliphatic heterocycles. The molecule has 0 amide bonds. The van der Waals surface area contributed by atoms with Gasteiger partial charge >= 0.3 is 0 Å². The van der Waals surface area contributed by atoms with Gasteiger partial charge in [0.05, 0.1) is 0 Å². The van der Waals surface area contributed by atoms with Crippen LogP contribution in [0.5, 0.6) is 0 Å². The lowest BCUT2D eigenvalue weighted by Crippen LogP contribution is -2.50. The summed E-state index contributed by atoms with van der Waals surface area (Å²) in [5, 5.41) is 3.78. The van der Waals surface area contributed by atoms with E-state index < -0.39 is 0 Å². The normalized spacial score (nSPS) is 18.8. The van der Waals surface area contributed by atoms with Crippen molar-refractivity contribution in [1.82, 2.24) is 5.32 Å². The van der Waals surface area contributed by atoms with E-state index in [4.69, 9.17) is 27.9 Å². The Bertz CT molecular complexity index is 408. The summed E-state index contributed by atoms with van der Waals surface area (Å²) in [6.45, 7) is 1.85. The Morgan fingerprint density at radius 2 is 2.06 bits per heavy atom. The molecule has 0 saturated carbocycles. The average molecular weight is 292 g/mol. The van der Waals surface area contributed by atoms with Gasteiger partial charge in [-0.05, 0) is 25.0 Å². The predicted molar refractivity (Wildman–Crippen MR) is 71.8 cm³/mol. The molecule has 1 N–H and O–H groups in total. The SMILES string of the molecule is Fc1cc(Cl)ccc1CNC1(CCl)CCOCC1. The van der Waals surface area contributed by atoms with E-state index in [1.165, 1.54) is 6.07 Å². The standard InChI is InChI=1S/C13H16Cl2FNO/c14-9-13(3-5-18-6-4-13)17-8-10-1-2-11(15)7-12(10)16/h1-2,7,17H,3-6,8-9H2. The number of benzene rings is 1. The summed E-state index contributed by atoms with van der Waals surface area (Å²) in [7, 11) is 0. The average Bonchev–Trinajstić information content (AvgIpc) is 2.39. The largest absolute Gasteiger partial charge is 0.381 e. The first-order valence-electron chi connectivity index (χ1n) is 5.98. The lowest BCUT2D eigenvalue weighted by atomic mass is 9.92. The molecular weight excluding hydrogens is 276 g/mol. The first-order valence-corrected chi connectivity index (χ1v) is 6.89. The van der Waals surface area contributed by atoms with E-state index in [9.17, 15) is 4.39 Å². The number of nitrogens with one attached hydrogen (secondary N) is 1. The van der Waals surface area contributed by atoms with Gasteiger partial charge in [-0.3, -0.25) is 0 Å². The van der Waals surface area contributed by atoms with Gasteiger partial charge in [0, 0.05) is 41.8 Å². The summed E-state index contributed by atoms with van der Waals surface area (Å²) < 4.78 is 19.0. The summed E-state index contributed by atoms with van der Waals surface area (Å²) in [5.41, 5.74) is 0.460. The molecule has 0 aromatic heterocycles. The van der Waals surface area contributed by atoms with Gasteiger partial charge in [0.1, 0.15) is 5.82 Å². The van der Waals surface area contributed by atoms with Gasteiger partial charge in [0.25, 0.3) is 0 Å². The molecule has 0 unspecified atom stereocenters. The smallest absolute Gasteiger partial charge is 0.129 e. The molecule has 100 valence electrons. The van der Waals surface area contributed by atoms with Gasteiger partial charge in [-0.1, -0.05) is 17.7 Å². The van der Waals surface area contributed by atoms with Crippen LogP contribution in [0.4, 0.5) is 4.39 Å². The van der Waals surface area contributed by atoms with Gasteiger partial charge < -0.3 is 10.1 Å². The molecule has 18 heavy (non-hydrogen) atoms. The van der Waals surface area contributed by atoms with Crippen LogP contribution in [0.1, 0.15) is 18.4 Å². The van der Waals surface area contributed by atoms with Crippen molar-refractivity contribution in [1.29, 1.82) is 0 Å². The fourth-order valence-corrected chi connectivity index (χ4v) is 2.59. The summed E-state index contributed by atoms with van der Waals surface area (Å²) in [6.07, 6.45) is 1.71. The highest BCUT2D eigenvalue weighted by Crippen LogP contribution is 2.23. The van der Waals surface area contributed by atoms with E-state index in [0.717, 1.165) is 12.8 Å². The van der Waals surface area contributed by atoms with Crippen molar-refractivity contribution in [2.24, 2.45) is 0 Å². The zero-order valence-corrected chi connectivity index (χ0v) is 11.5. The number of rotatable bonds is 4. The second-order valence-electron chi connectivity index (χ2n) is 4.62. The minimum absolute atomic E-state index is 0.147. The molecule has 0 atom stereocenters. The first kappa shape index (κ1) is 14.1. The maximum absolute atomic E-state index is 13.7. The molecule has 0 spiro atoms. The highest BCUT2D eigenvalue weighted by atomic mass is 35.5. The Morgan fingerprint density at radius 3 is 2.67 bits per heavy atom. The molecule has 1 aliphatic rings. The van der Waals surface area contributed by atoms with E-state index in [-0.39, 0.29) is 11.4 Å². The van der Waals surface area contributed by atoms with Crippen molar-refractivity contribution in [2.45, 2.75) is 24.9 Å². The maximum atomic E-state index is 13.7. The molecule has 1 aromatic rings. The summed E-state index contributed by atoms with van der Waals surface area (Å²) in [6, 6.07) is 4.72. The third-order valence-electron chi connectivity index (χ3n) is 3.37. The quantitative estimate of drug-likeness (QED) is 0.859. The highest BCUT2D eigenvalue weighted by Gasteiger charge is 2.31. The van der Waals surface area contributed by atoms with Gasteiger partial charge in [-0.25, -0.2) is 4.39 Å². The number of hydrogen-bond acceptors (Lipinski definition) is 2. The Balaban J connectivity index is 2.01. The van der Waals surface area contributed by atoms with E-state index >= 15 is 0 Å². The lowest BCUT2D eigenvalue weighted by molar-refractivity contribution is 0.0458. The summed E-state index contributed by atoms with van der Waals surface area (Å²) in [5.74, 6) is 0.220. The van der Waals surface area contributed by atoms with Crippen molar-refractivity contribution >= 4 is 23.2 Å². The van der Waals surface area contributed by atoms with Crippen LogP contribution in [0.3, 0.4) is 0 Å². The lowest BCUT2D eigenvalue weighted by Gasteiger charge is -2.36. The highest BCUT2D eigenvalue weighted by molar-refractivity contribution is 6.30. The van der Waals surface area contributed by atoms with Gasteiger partial charge in [0.15, 0.2) is 0 Å². The van der Waals surface area contributed by atoms with Crippen LogP contribution in [0, 0.1) is 5.82 Å². The molecule has 1 fully saturated rings. The third-order valence-corrected chi connectivity index (χ3v) is 4.12. The van der Waals surface area contributed by atoms with Crippen molar-refractivity contribution in [2.75, 3.05) is 19.1 Å². The van der Waals surface area contributed by atoms with Crippen molar-refractivity contribution in [3.63, 3.8) is 0 Å². The minimum atomic E-state index is -0.285. The number of alkyl halides is 1. The number of hydrogen-bond donors (Lipinski definition) is 1. The first-order chi connectivity index (χ1) is 8.65. The molecule has 2 rings (SSSR count). The van der Waals surface area contributed by atoms with Crippen LogP contribution >= 0.6 is 23.2 Å². The zero-order valence-electron chi connectivity index (χ0n) is 10.0. The topological polar surface area (TPSA) is 21.3 Å². The fraction of sp³-hybridized carbons (Fsp3) is 0.538. The van der Waals surface area contributed by atoms with E-state index in [1.54, 1.807) is 12.1 Å². The molecule has 2 nitrogen and oxygen atoms in total. The maximum Gasteiger partial charge on any atom is 0.129 e. The van der Waals surface area contributed by atoms with E-state index in [1.807, 2.05) is 0 Å². The van der Waals surface area contributed by atoms with Crippen molar-refractivity contribution < 1.29 is 9.13 Å². The van der Waals surface area contributed by atoms with Gasteiger partial charge in [-0.15, -0.1) is 11.6 Å². The molecule has 0 aliphatic carbocycles. The van der Waals surface area contributed by atoms with Crippen LogP contribution in [0.25, 0.3) is 0 Å². The Morgan fingerprint density at radius 1 is 1.33 bits per heavy atom. The molecular formula is C13H16Cl2FNO. The van der Waals surface area contributed by atoms with Crippen LogP contribution < -0.4 is 5.32 Å². The Hall–Kier alpha value is -0.350. The molecule has 5 heteroatoms. The molecule has 1 saturated heterocycles. The summed E-state index contributed by atoms with van der Waals surface area (Å²) >= 11 is 11.8. The van der Waals surface area contributed by atoms with Crippen molar-refractivity contribution in [3.8, 4) is 0 Å². The minimum Gasteiger partial charge on any atom is -0.381 e. The van der Waals surface area contributed by atoms with E-state index in [0.29, 0.717) is 36.2 Å². The Labute approximate surface area is 116 Å². The zero-order chi connectivity index (χ0) is 13.0. The monoisotopic (exact) mass is 291 g/mol. The van der Waals surface area contributed by atoms with Crippen LogP contribution in [0.2, 0.25) is 5.02 Å². The van der Waals surface area contributed by atoms with Crippen LogP contribution in [0.15, 0.2) is 18.2 Å². The molecule has 0 radical (unpaired) electrons. The Kier molecular flexibility index (Phi) is 4.84. The molecule has 0 bridgehead atoms. The van der Waals surface area contributed by atoms with Crippen LogP contribution in [-0.2, 0) is 11.3 Å². The third kappa shape index (κ3) is 3.35. The van der Waals surface area contributed by atoms with Gasteiger partial charge in [0.2, 0.25) is 0 Å². The van der Waals surface area contributed by atoms with Crippen LogP contribution in [-0.4, -0.2) is 24.6 Å². The van der Waals surface area contributed by atoms with E-state index in [2.05, 4.69) is 5.32 Å². The fourth-order valence-electron chi connectivity index (χ4n) is 2.07. The predicted octanol–water partition coefficient (Wildman–Crippen LogP) is 3.36. The number of halogens is 3. The summed E-state index contributed by atoms with van der Waals surface area (Å²) in [4.78, 5) is 0.